The second-order valence-corrected chi connectivity index (χ2v) is 15.3. The van der Waals surface area contributed by atoms with E-state index >= 15 is 0 Å². The molecule has 42 heavy (non-hydrogen) atoms. The number of carbonyl (C=O) groups is 1. The van der Waals surface area contributed by atoms with E-state index in [9.17, 15) is 18.3 Å². The van der Waals surface area contributed by atoms with Crippen molar-refractivity contribution in [3.63, 3.8) is 0 Å². The summed E-state index contributed by atoms with van der Waals surface area (Å²) in [6, 6.07) is 15.1. The van der Waals surface area contributed by atoms with Crippen LogP contribution in [0, 0.1) is 5.92 Å². The van der Waals surface area contributed by atoms with Crippen LogP contribution in [0.15, 0.2) is 59.5 Å². The van der Waals surface area contributed by atoms with Gasteiger partial charge >= 0.3 is 13.2 Å². The average molecular weight is 603 g/mol. The summed E-state index contributed by atoms with van der Waals surface area (Å²) in [4.78, 5) is 12.8. The first-order chi connectivity index (χ1) is 19.3. The van der Waals surface area contributed by atoms with Gasteiger partial charge in [0.2, 0.25) is 10.0 Å². The Balaban J connectivity index is 1.84. The van der Waals surface area contributed by atoms with Crippen LogP contribution in [0.1, 0.15) is 67.9 Å². The standard InChI is InChI=1S/C31H47BN2O7S/c1-22(2)20-34(21-27(35)26(19-23-13-11-10-12-14-23)33-28(36)39-29(3,4)5)42(37,38)25-17-15-24(16-18-25)32-40-30(6,7)31(8,9)41-32/h10-18,22,26-27,35H,19-21H2,1-9H3,(H,33,36)/t26?,27-/m1/s1. The Morgan fingerprint density at radius 1 is 0.976 bits per heavy atom. The van der Waals surface area contributed by atoms with Gasteiger partial charge in [-0.2, -0.15) is 4.31 Å². The first kappa shape index (κ1) is 34.1. The smallest absolute Gasteiger partial charge is 0.444 e. The number of amides is 1. The first-order valence-electron chi connectivity index (χ1n) is 14.5. The zero-order chi connectivity index (χ0) is 31.5. The molecular formula is C31H47BN2O7S. The summed E-state index contributed by atoms with van der Waals surface area (Å²) < 4.78 is 46.7. The molecule has 0 saturated carbocycles. The van der Waals surface area contributed by atoms with Gasteiger partial charge in [0.05, 0.1) is 28.2 Å². The van der Waals surface area contributed by atoms with Gasteiger partial charge in [-0.05, 0) is 84.0 Å². The summed E-state index contributed by atoms with van der Waals surface area (Å²) in [6.45, 7) is 16.9. The van der Waals surface area contributed by atoms with Crippen LogP contribution in [0.3, 0.4) is 0 Å². The molecule has 1 saturated heterocycles. The number of benzene rings is 2. The summed E-state index contributed by atoms with van der Waals surface area (Å²) in [7, 11) is -4.61. The minimum Gasteiger partial charge on any atom is -0.444 e. The number of aliphatic hydroxyl groups is 1. The molecule has 0 radical (unpaired) electrons. The van der Waals surface area contributed by atoms with Gasteiger partial charge in [0.1, 0.15) is 5.60 Å². The van der Waals surface area contributed by atoms with Crippen molar-refractivity contribution in [1.29, 1.82) is 0 Å². The molecule has 232 valence electrons. The van der Waals surface area contributed by atoms with Gasteiger partial charge in [0, 0.05) is 13.1 Å². The van der Waals surface area contributed by atoms with Gasteiger partial charge < -0.3 is 24.5 Å². The lowest BCUT2D eigenvalue weighted by Gasteiger charge is -2.32. The molecule has 2 N–H and O–H groups in total. The normalized spacial score (nSPS) is 18.2. The third-order valence-corrected chi connectivity index (χ3v) is 9.31. The fraction of sp³-hybridized carbons (Fsp3) is 0.581. The van der Waals surface area contributed by atoms with E-state index < -0.39 is 52.2 Å². The molecule has 0 aromatic heterocycles. The van der Waals surface area contributed by atoms with Crippen LogP contribution < -0.4 is 10.8 Å². The molecule has 1 heterocycles. The Morgan fingerprint density at radius 3 is 2.02 bits per heavy atom. The summed E-state index contributed by atoms with van der Waals surface area (Å²) >= 11 is 0. The maximum Gasteiger partial charge on any atom is 0.494 e. The van der Waals surface area contributed by atoms with E-state index in [2.05, 4.69) is 5.32 Å². The zero-order valence-corrected chi connectivity index (χ0v) is 27.2. The van der Waals surface area contributed by atoms with E-state index in [1.807, 2.05) is 71.9 Å². The predicted octanol–water partition coefficient (Wildman–Crippen LogP) is 4.13. The Labute approximate surface area is 252 Å². The SMILES string of the molecule is CC(C)CN(C[C@@H](O)C(Cc1ccccc1)NC(=O)OC(C)(C)C)S(=O)(=O)c1ccc(B2OC(C)(C)C(C)(C)O2)cc1. The van der Waals surface area contributed by atoms with Crippen molar-refractivity contribution in [2.75, 3.05) is 13.1 Å². The summed E-state index contributed by atoms with van der Waals surface area (Å²) in [5, 5.41) is 14.2. The number of hydrogen-bond acceptors (Lipinski definition) is 7. The van der Waals surface area contributed by atoms with Crippen molar-refractivity contribution in [2.45, 2.75) is 103 Å². The van der Waals surface area contributed by atoms with Crippen LogP contribution in [-0.2, 0) is 30.5 Å². The highest BCUT2D eigenvalue weighted by Crippen LogP contribution is 2.36. The molecule has 11 heteroatoms. The number of nitrogens with one attached hydrogen (secondary N) is 1. The van der Waals surface area contributed by atoms with Crippen LogP contribution in [0.5, 0.6) is 0 Å². The van der Waals surface area contributed by atoms with E-state index in [4.69, 9.17) is 14.0 Å². The number of nitrogens with zero attached hydrogens (tertiary/aromatic N) is 1. The molecule has 3 rings (SSSR count). The topological polar surface area (TPSA) is 114 Å². The van der Waals surface area contributed by atoms with Gasteiger partial charge in [-0.15, -0.1) is 0 Å². The van der Waals surface area contributed by atoms with Gasteiger partial charge in [-0.3, -0.25) is 0 Å². The second kappa shape index (κ2) is 13.1. The number of aliphatic hydroxyl groups excluding tert-OH is 1. The molecule has 1 unspecified atom stereocenters. The van der Waals surface area contributed by atoms with Crippen LogP contribution in [0.25, 0.3) is 0 Å². The van der Waals surface area contributed by atoms with Crippen molar-refractivity contribution in [3.8, 4) is 0 Å². The monoisotopic (exact) mass is 602 g/mol. The predicted molar refractivity (Wildman–Crippen MR) is 165 cm³/mol. The van der Waals surface area contributed by atoms with Crippen LogP contribution in [-0.4, -0.2) is 73.1 Å². The molecule has 1 amide bonds. The molecule has 0 bridgehead atoms. The zero-order valence-electron chi connectivity index (χ0n) is 26.4. The Hall–Kier alpha value is -2.44. The highest BCUT2D eigenvalue weighted by Gasteiger charge is 2.51. The van der Waals surface area contributed by atoms with E-state index in [0.29, 0.717) is 11.9 Å². The number of alkyl carbamates (subject to hydrolysis) is 1. The largest absolute Gasteiger partial charge is 0.494 e. The van der Waals surface area contributed by atoms with Gasteiger partial charge in [-0.25, -0.2) is 13.2 Å². The van der Waals surface area contributed by atoms with Crippen molar-refractivity contribution in [2.24, 2.45) is 5.92 Å². The average Bonchev–Trinajstić information content (AvgIpc) is 3.09. The molecule has 9 nitrogen and oxygen atoms in total. The molecule has 0 spiro atoms. The molecule has 1 aliphatic rings. The maximum absolute atomic E-state index is 13.9. The van der Waals surface area contributed by atoms with Gasteiger partial charge in [0.15, 0.2) is 0 Å². The van der Waals surface area contributed by atoms with Gasteiger partial charge in [0.25, 0.3) is 0 Å². The molecule has 0 aliphatic carbocycles. The highest BCUT2D eigenvalue weighted by molar-refractivity contribution is 7.89. The lowest BCUT2D eigenvalue weighted by molar-refractivity contribution is 0.00578. The van der Waals surface area contributed by atoms with Crippen molar-refractivity contribution >= 4 is 28.7 Å². The number of carbonyl (C=O) groups excluding carboxylic acids is 1. The third kappa shape index (κ3) is 8.80. The summed E-state index contributed by atoms with van der Waals surface area (Å²) in [5.41, 5.74) is -0.167. The second-order valence-electron chi connectivity index (χ2n) is 13.4. The molecule has 2 atom stereocenters. The summed E-state index contributed by atoms with van der Waals surface area (Å²) in [5.74, 6) is -0.0117. The Morgan fingerprint density at radius 2 is 1.52 bits per heavy atom. The van der Waals surface area contributed by atoms with Crippen LogP contribution in [0.4, 0.5) is 4.79 Å². The number of hydrogen-bond donors (Lipinski definition) is 2. The number of rotatable bonds is 11. The molecular weight excluding hydrogens is 555 g/mol. The number of ether oxygens (including phenoxy) is 1. The quantitative estimate of drug-likeness (QED) is 0.372. The Kier molecular flexibility index (Phi) is 10.6. The van der Waals surface area contributed by atoms with Crippen molar-refractivity contribution in [1.82, 2.24) is 9.62 Å². The Bertz CT molecular complexity index is 1280. The van der Waals surface area contributed by atoms with Crippen molar-refractivity contribution in [3.05, 3.63) is 60.2 Å². The van der Waals surface area contributed by atoms with Crippen molar-refractivity contribution < 1.29 is 32.4 Å². The molecule has 1 fully saturated rings. The van der Waals surface area contributed by atoms with E-state index in [1.165, 1.54) is 16.4 Å². The lowest BCUT2D eigenvalue weighted by Crippen LogP contribution is -2.52. The molecule has 2 aromatic rings. The van der Waals surface area contributed by atoms with Gasteiger partial charge in [-0.1, -0.05) is 56.3 Å². The summed E-state index contributed by atoms with van der Waals surface area (Å²) in [6.07, 6.45) is -1.60. The van der Waals surface area contributed by atoms with E-state index in [1.54, 1.807) is 32.9 Å². The fourth-order valence-electron chi connectivity index (χ4n) is 4.55. The van der Waals surface area contributed by atoms with E-state index in [-0.39, 0.29) is 23.9 Å². The first-order valence-corrected chi connectivity index (χ1v) is 15.9. The van der Waals surface area contributed by atoms with Crippen LogP contribution in [0.2, 0.25) is 0 Å². The van der Waals surface area contributed by atoms with E-state index in [0.717, 1.165) is 5.56 Å². The third-order valence-electron chi connectivity index (χ3n) is 7.47. The lowest BCUT2D eigenvalue weighted by atomic mass is 9.79. The minimum absolute atomic E-state index is 0.0117. The minimum atomic E-state index is -3.99. The van der Waals surface area contributed by atoms with Crippen LogP contribution >= 0.6 is 0 Å². The number of sulfonamides is 1. The highest BCUT2D eigenvalue weighted by atomic mass is 32.2. The maximum atomic E-state index is 13.9. The molecule has 2 aromatic carbocycles. The molecule has 1 aliphatic heterocycles. The fourth-order valence-corrected chi connectivity index (χ4v) is 6.17.